The van der Waals surface area contributed by atoms with Crippen LogP contribution >= 0.6 is 0 Å². The molecule has 0 aliphatic rings. The summed E-state index contributed by atoms with van der Waals surface area (Å²) in [6, 6.07) is 2.66. The predicted molar refractivity (Wildman–Crippen MR) is 70.1 cm³/mol. The number of benzene rings is 1. The van der Waals surface area contributed by atoms with Crippen molar-refractivity contribution in [3.8, 4) is 11.5 Å². The van der Waals surface area contributed by atoms with Gasteiger partial charge in [-0.05, 0) is 19.1 Å². The topological polar surface area (TPSA) is 106 Å². The third kappa shape index (κ3) is 2.12. The van der Waals surface area contributed by atoms with Gasteiger partial charge in [-0.1, -0.05) is 0 Å². The standard InChI is InChI=1S/C13H14N2O4/c1-2-15-6-7(5-10(14)17)12(18)8-3-4-9(16)13(19)11(8)15/h3-4,6,16,19H,2,5H2,1H3,(H2,14,17). The first-order valence-corrected chi connectivity index (χ1v) is 5.81. The van der Waals surface area contributed by atoms with Crippen LogP contribution in [0.4, 0.5) is 0 Å². The van der Waals surface area contributed by atoms with Crippen molar-refractivity contribution in [3.63, 3.8) is 0 Å². The van der Waals surface area contributed by atoms with Crippen LogP contribution in [0.15, 0.2) is 23.1 Å². The van der Waals surface area contributed by atoms with Gasteiger partial charge in [0.15, 0.2) is 16.9 Å². The first-order valence-electron chi connectivity index (χ1n) is 5.81. The van der Waals surface area contributed by atoms with Crippen molar-refractivity contribution in [3.05, 3.63) is 34.1 Å². The Bertz CT molecular complexity index is 719. The Morgan fingerprint density at radius 2 is 2.05 bits per heavy atom. The molecule has 100 valence electrons. The summed E-state index contributed by atoms with van der Waals surface area (Å²) < 4.78 is 1.60. The number of rotatable bonds is 3. The predicted octanol–water partition coefficient (Wildman–Crippen LogP) is 0.460. The smallest absolute Gasteiger partial charge is 0.222 e. The summed E-state index contributed by atoms with van der Waals surface area (Å²) in [5, 5.41) is 19.6. The number of primary amides is 1. The van der Waals surface area contributed by atoms with Crippen LogP contribution in [0.2, 0.25) is 0 Å². The maximum atomic E-state index is 12.2. The Balaban J connectivity index is 2.87. The molecule has 6 nitrogen and oxygen atoms in total. The monoisotopic (exact) mass is 262 g/mol. The molecule has 1 aromatic heterocycles. The molecule has 4 N–H and O–H groups in total. The number of hydrogen-bond donors (Lipinski definition) is 3. The number of nitrogens with two attached hydrogens (primary N) is 1. The molecule has 2 rings (SSSR count). The van der Waals surface area contributed by atoms with E-state index in [-0.39, 0.29) is 39.8 Å². The Hall–Kier alpha value is -2.50. The van der Waals surface area contributed by atoms with Gasteiger partial charge in [0, 0.05) is 18.3 Å². The molecule has 0 saturated heterocycles. The molecule has 0 fully saturated rings. The summed E-state index contributed by atoms with van der Waals surface area (Å²) in [5.74, 6) is -1.24. The molecule has 0 aliphatic heterocycles. The van der Waals surface area contributed by atoms with Crippen LogP contribution in [0.5, 0.6) is 11.5 Å². The van der Waals surface area contributed by atoms with Crippen molar-refractivity contribution in [2.45, 2.75) is 19.9 Å². The second kappa shape index (κ2) is 4.64. The van der Waals surface area contributed by atoms with Crippen LogP contribution in [0.1, 0.15) is 12.5 Å². The van der Waals surface area contributed by atoms with Gasteiger partial charge < -0.3 is 20.5 Å². The lowest BCUT2D eigenvalue weighted by Crippen LogP contribution is -2.21. The van der Waals surface area contributed by atoms with Crippen molar-refractivity contribution in [1.82, 2.24) is 4.57 Å². The summed E-state index contributed by atoms with van der Waals surface area (Å²) in [5.41, 5.74) is 5.26. The number of hydrogen-bond acceptors (Lipinski definition) is 4. The zero-order valence-corrected chi connectivity index (χ0v) is 10.4. The molecule has 1 heterocycles. The molecule has 0 saturated carbocycles. The van der Waals surface area contributed by atoms with Crippen LogP contribution in [0, 0.1) is 0 Å². The van der Waals surface area contributed by atoms with Crippen LogP contribution in [0.25, 0.3) is 10.9 Å². The third-order valence-corrected chi connectivity index (χ3v) is 2.97. The Kier molecular flexibility index (Phi) is 3.16. The Morgan fingerprint density at radius 3 is 2.63 bits per heavy atom. The van der Waals surface area contributed by atoms with E-state index in [1.807, 2.05) is 6.92 Å². The molecule has 0 unspecified atom stereocenters. The third-order valence-electron chi connectivity index (χ3n) is 2.97. The number of carbonyl (C=O) groups excluding carboxylic acids is 1. The first-order chi connectivity index (χ1) is 8.95. The highest BCUT2D eigenvalue weighted by Gasteiger charge is 2.15. The van der Waals surface area contributed by atoms with E-state index in [4.69, 9.17) is 5.73 Å². The maximum absolute atomic E-state index is 12.2. The summed E-state index contributed by atoms with van der Waals surface area (Å²) in [7, 11) is 0. The fourth-order valence-corrected chi connectivity index (χ4v) is 2.09. The van der Waals surface area contributed by atoms with Gasteiger partial charge in [-0.15, -0.1) is 0 Å². The lowest BCUT2D eigenvalue weighted by molar-refractivity contribution is -0.117. The van der Waals surface area contributed by atoms with E-state index >= 15 is 0 Å². The molecule has 1 aromatic carbocycles. The van der Waals surface area contributed by atoms with Crippen molar-refractivity contribution < 1.29 is 15.0 Å². The Morgan fingerprint density at radius 1 is 1.37 bits per heavy atom. The number of phenols is 2. The van der Waals surface area contributed by atoms with Crippen LogP contribution in [-0.2, 0) is 17.8 Å². The SMILES string of the molecule is CCn1cc(CC(N)=O)c(=O)c2ccc(O)c(O)c21. The van der Waals surface area contributed by atoms with Gasteiger partial charge in [-0.25, -0.2) is 0 Å². The number of aromatic hydroxyl groups is 2. The highest BCUT2D eigenvalue weighted by atomic mass is 16.3. The molecule has 0 radical (unpaired) electrons. The zero-order chi connectivity index (χ0) is 14.2. The summed E-state index contributed by atoms with van der Waals surface area (Å²) in [6.45, 7) is 2.29. The summed E-state index contributed by atoms with van der Waals surface area (Å²) in [6.07, 6.45) is 1.32. The van der Waals surface area contributed by atoms with E-state index in [1.165, 1.54) is 18.3 Å². The second-order valence-electron chi connectivity index (χ2n) is 4.24. The number of phenolic OH excluding ortho intramolecular Hbond substituents is 2. The largest absolute Gasteiger partial charge is 0.504 e. The molecular weight excluding hydrogens is 248 g/mol. The van der Waals surface area contributed by atoms with E-state index in [0.29, 0.717) is 6.54 Å². The van der Waals surface area contributed by atoms with Crippen LogP contribution in [0.3, 0.4) is 0 Å². The molecule has 0 atom stereocenters. The number of aryl methyl sites for hydroxylation is 1. The number of nitrogens with zero attached hydrogens (tertiary/aromatic N) is 1. The summed E-state index contributed by atoms with van der Waals surface area (Å²) >= 11 is 0. The van der Waals surface area contributed by atoms with Gasteiger partial charge in [-0.2, -0.15) is 0 Å². The lowest BCUT2D eigenvalue weighted by Gasteiger charge is -2.12. The van der Waals surface area contributed by atoms with Crippen molar-refractivity contribution >= 4 is 16.8 Å². The molecule has 0 bridgehead atoms. The minimum absolute atomic E-state index is 0.156. The minimum atomic E-state index is -0.595. The molecule has 19 heavy (non-hydrogen) atoms. The number of aromatic nitrogens is 1. The van der Waals surface area contributed by atoms with Gasteiger partial charge in [0.2, 0.25) is 5.91 Å². The molecule has 6 heteroatoms. The van der Waals surface area contributed by atoms with Gasteiger partial charge in [0.1, 0.15) is 0 Å². The lowest BCUT2D eigenvalue weighted by atomic mass is 10.1. The normalized spacial score (nSPS) is 10.8. The van der Waals surface area contributed by atoms with Gasteiger partial charge in [0.05, 0.1) is 17.3 Å². The average Bonchev–Trinajstić information content (AvgIpc) is 2.36. The van der Waals surface area contributed by atoms with E-state index in [2.05, 4.69) is 0 Å². The number of amides is 1. The Labute approximate surface area is 108 Å². The quantitative estimate of drug-likeness (QED) is 0.699. The average molecular weight is 262 g/mol. The molecule has 2 aromatic rings. The van der Waals surface area contributed by atoms with Crippen molar-refractivity contribution in [2.75, 3.05) is 0 Å². The molecule has 0 spiro atoms. The number of pyridine rings is 1. The van der Waals surface area contributed by atoms with E-state index in [9.17, 15) is 19.8 Å². The first kappa shape index (κ1) is 12.9. The fourth-order valence-electron chi connectivity index (χ4n) is 2.09. The molecular formula is C13H14N2O4. The van der Waals surface area contributed by atoms with E-state index in [0.717, 1.165) is 0 Å². The van der Waals surface area contributed by atoms with Gasteiger partial charge >= 0.3 is 0 Å². The second-order valence-corrected chi connectivity index (χ2v) is 4.24. The van der Waals surface area contributed by atoms with Gasteiger partial charge in [0.25, 0.3) is 0 Å². The van der Waals surface area contributed by atoms with Gasteiger partial charge in [-0.3, -0.25) is 9.59 Å². The van der Waals surface area contributed by atoms with Crippen LogP contribution < -0.4 is 11.2 Å². The minimum Gasteiger partial charge on any atom is -0.504 e. The molecule has 0 aliphatic carbocycles. The van der Waals surface area contributed by atoms with Crippen LogP contribution in [-0.4, -0.2) is 20.7 Å². The summed E-state index contributed by atoms with van der Waals surface area (Å²) in [4.78, 5) is 23.1. The highest BCUT2D eigenvalue weighted by Crippen LogP contribution is 2.32. The van der Waals surface area contributed by atoms with Crippen molar-refractivity contribution in [2.24, 2.45) is 5.73 Å². The molecule has 1 amide bonds. The van der Waals surface area contributed by atoms with E-state index in [1.54, 1.807) is 4.57 Å². The van der Waals surface area contributed by atoms with Crippen molar-refractivity contribution in [1.29, 1.82) is 0 Å². The fraction of sp³-hybridized carbons (Fsp3) is 0.231. The maximum Gasteiger partial charge on any atom is 0.222 e. The number of carbonyl (C=O) groups is 1. The zero-order valence-electron chi connectivity index (χ0n) is 10.4. The number of fused-ring (bicyclic) bond motifs is 1. The van der Waals surface area contributed by atoms with E-state index < -0.39 is 5.91 Å². The highest BCUT2D eigenvalue weighted by molar-refractivity contribution is 5.88.